The highest BCUT2D eigenvalue weighted by Gasteiger charge is 2.41. The van der Waals surface area contributed by atoms with Crippen molar-refractivity contribution in [2.75, 3.05) is 5.32 Å². The van der Waals surface area contributed by atoms with Gasteiger partial charge in [-0.3, -0.25) is 4.79 Å². The van der Waals surface area contributed by atoms with Gasteiger partial charge in [0.1, 0.15) is 6.04 Å². The van der Waals surface area contributed by atoms with Crippen LogP contribution in [0.4, 0.5) is 5.95 Å². The molecule has 3 aromatic rings. The minimum absolute atomic E-state index is 0.0638. The Morgan fingerprint density at radius 3 is 2.62 bits per heavy atom. The summed E-state index contributed by atoms with van der Waals surface area (Å²) in [5.74, 6) is 1.55. The Kier molecular flexibility index (Phi) is 3.95. The van der Waals surface area contributed by atoms with Crippen LogP contribution < -0.4 is 5.32 Å². The van der Waals surface area contributed by atoms with Crippen molar-refractivity contribution in [3.8, 4) is 11.4 Å². The lowest BCUT2D eigenvalue weighted by molar-refractivity contribution is -0.118. The molecule has 5 rings (SSSR count). The van der Waals surface area contributed by atoms with E-state index in [4.69, 9.17) is 10.1 Å². The first-order valence-corrected chi connectivity index (χ1v) is 10.0. The second-order valence-electron chi connectivity index (χ2n) is 8.84. The number of rotatable bonds is 2. The van der Waals surface area contributed by atoms with Crippen molar-refractivity contribution in [2.45, 2.75) is 39.7 Å². The normalized spacial score (nSPS) is 20.1. The van der Waals surface area contributed by atoms with E-state index in [9.17, 15) is 4.79 Å². The number of hydrogen-bond donors (Lipinski definition) is 1. The zero-order chi connectivity index (χ0) is 20.2. The molecule has 1 aromatic heterocycles. The number of carbonyl (C=O) groups is 1. The molecule has 0 spiro atoms. The molecule has 0 saturated carbocycles. The number of hydrogen-bond acceptors (Lipinski definition) is 4. The molecule has 1 N–H and O–H groups in total. The smallest absolute Gasteiger partial charge is 0.226 e. The largest absolute Gasteiger partial charge is 0.328 e. The molecule has 0 radical (unpaired) electrons. The van der Waals surface area contributed by atoms with Crippen LogP contribution >= 0.6 is 0 Å². The van der Waals surface area contributed by atoms with Crippen molar-refractivity contribution in [3.05, 3.63) is 77.0 Å². The summed E-state index contributed by atoms with van der Waals surface area (Å²) in [4.78, 5) is 18.0. The maximum absolute atomic E-state index is 13.2. The number of allylic oxidation sites excluding steroid dienone is 2. The lowest BCUT2D eigenvalue weighted by Crippen LogP contribution is -2.36. The number of Topliss-reactive ketones (excluding diaryl/α,β-unsaturated/α-hetero) is 1. The van der Waals surface area contributed by atoms with Crippen molar-refractivity contribution < 1.29 is 4.79 Å². The number of benzene rings is 2. The lowest BCUT2D eigenvalue weighted by atomic mass is 9.73. The molecule has 0 unspecified atom stereocenters. The zero-order valence-electron chi connectivity index (χ0n) is 16.9. The van der Waals surface area contributed by atoms with Gasteiger partial charge in [0, 0.05) is 23.3 Å². The highest BCUT2D eigenvalue weighted by Crippen LogP contribution is 2.45. The van der Waals surface area contributed by atoms with E-state index in [2.05, 4.69) is 50.4 Å². The standard InChI is InChI=1S/C24H24N4O/c1-15-8-7-11-17(12-15)22-26-23-25-18-13-24(2,3)14-19(29)20(18)21(28(23)27-22)16-9-5-4-6-10-16/h4-12,21H,13-14H2,1-3H3,(H,25,26,27)/t21-/m1/s1. The van der Waals surface area contributed by atoms with Crippen molar-refractivity contribution in [1.29, 1.82) is 0 Å². The molecule has 2 heterocycles. The molecule has 5 nitrogen and oxygen atoms in total. The fourth-order valence-electron chi connectivity index (χ4n) is 4.46. The Morgan fingerprint density at radius 2 is 1.86 bits per heavy atom. The Labute approximate surface area is 170 Å². The molecule has 0 bridgehead atoms. The molecule has 0 saturated heterocycles. The minimum atomic E-state index is -0.253. The molecule has 2 aliphatic rings. The Morgan fingerprint density at radius 1 is 1.07 bits per heavy atom. The molecule has 146 valence electrons. The number of nitrogens with one attached hydrogen (secondary N) is 1. The minimum Gasteiger partial charge on any atom is -0.328 e. The van der Waals surface area contributed by atoms with E-state index in [1.165, 1.54) is 0 Å². The number of fused-ring (bicyclic) bond motifs is 1. The van der Waals surface area contributed by atoms with Gasteiger partial charge in [0.05, 0.1) is 0 Å². The molecule has 1 atom stereocenters. The average Bonchev–Trinajstić information content (AvgIpc) is 3.10. The van der Waals surface area contributed by atoms with Gasteiger partial charge in [0.25, 0.3) is 0 Å². The van der Waals surface area contributed by atoms with Crippen molar-refractivity contribution >= 4 is 11.7 Å². The highest BCUT2D eigenvalue weighted by molar-refractivity contribution is 6.00. The highest BCUT2D eigenvalue weighted by atomic mass is 16.1. The number of anilines is 1. The zero-order valence-corrected chi connectivity index (χ0v) is 16.9. The van der Waals surface area contributed by atoms with Crippen LogP contribution in [0.1, 0.15) is 43.9 Å². The van der Waals surface area contributed by atoms with Gasteiger partial charge in [-0.1, -0.05) is 67.9 Å². The number of aromatic nitrogens is 3. The summed E-state index contributed by atoms with van der Waals surface area (Å²) >= 11 is 0. The molecule has 1 aliphatic carbocycles. The molecule has 29 heavy (non-hydrogen) atoms. The number of nitrogens with zero attached hydrogens (tertiary/aromatic N) is 3. The first-order valence-electron chi connectivity index (χ1n) is 10.0. The summed E-state index contributed by atoms with van der Waals surface area (Å²) in [6, 6.07) is 18.1. The number of ketones is 1. The second-order valence-corrected chi connectivity index (χ2v) is 8.84. The van der Waals surface area contributed by atoms with Crippen molar-refractivity contribution in [3.63, 3.8) is 0 Å². The van der Waals surface area contributed by atoms with Gasteiger partial charge in [-0.25, -0.2) is 4.68 Å². The van der Waals surface area contributed by atoms with Crippen molar-refractivity contribution in [1.82, 2.24) is 14.8 Å². The quantitative estimate of drug-likeness (QED) is 0.682. The van der Waals surface area contributed by atoms with E-state index in [-0.39, 0.29) is 17.2 Å². The Hall–Kier alpha value is -3.21. The predicted molar refractivity (Wildman–Crippen MR) is 113 cm³/mol. The predicted octanol–water partition coefficient (Wildman–Crippen LogP) is 4.91. The molecule has 1 aliphatic heterocycles. The van der Waals surface area contributed by atoms with Crippen LogP contribution in [0, 0.1) is 12.3 Å². The maximum Gasteiger partial charge on any atom is 0.226 e. The third-order valence-corrected chi connectivity index (χ3v) is 5.72. The van der Waals surface area contributed by atoms with Gasteiger partial charge in [-0.2, -0.15) is 4.98 Å². The number of aryl methyl sites for hydroxylation is 1. The van der Waals surface area contributed by atoms with Gasteiger partial charge < -0.3 is 5.32 Å². The summed E-state index contributed by atoms with van der Waals surface area (Å²) < 4.78 is 1.88. The van der Waals surface area contributed by atoms with E-state index in [0.717, 1.165) is 34.4 Å². The Bertz CT molecular complexity index is 1140. The number of carbonyl (C=O) groups excluding carboxylic acids is 1. The van der Waals surface area contributed by atoms with Crippen LogP contribution in [-0.4, -0.2) is 20.5 Å². The molecule has 0 fully saturated rings. The molecular formula is C24H24N4O. The third kappa shape index (κ3) is 3.07. The fourth-order valence-corrected chi connectivity index (χ4v) is 4.46. The van der Waals surface area contributed by atoms with Crippen molar-refractivity contribution in [2.24, 2.45) is 5.41 Å². The molecule has 2 aromatic carbocycles. The van der Waals surface area contributed by atoms with Crippen LogP contribution in [-0.2, 0) is 4.79 Å². The average molecular weight is 384 g/mol. The van der Waals surface area contributed by atoms with Gasteiger partial charge in [0.15, 0.2) is 11.6 Å². The van der Waals surface area contributed by atoms with Crippen LogP contribution in [0.5, 0.6) is 0 Å². The first kappa shape index (κ1) is 17.9. The second kappa shape index (κ2) is 6.41. The summed E-state index contributed by atoms with van der Waals surface area (Å²) in [7, 11) is 0. The van der Waals surface area contributed by atoms with E-state index in [1.807, 2.05) is 35.0 Å². The molecular weight excluding hydrogens is 360 g/mol. The van der Waals surface area contributed by atoms with Crippen LogP contribution in [0.3, 0.4) is 0 Å². The molecule has 5 heteroatoms. The summed E-state index contributed by atoms with van der Waals surface area (Å²) in [6.45, 7) is 6.35. The summed E-state index contributed by atoms with van der Waals surface area (Å²) in [5, 5.41) is 8.28. The topological polar surface area (TPSA) is 59.8 Å². The summed E-state index contributed by atoms with van der Waals surface area (Å²) in [5.41, 5.74) is 4.93. The monoisotopic (exact) mass is 384 g/mol. The van der Waals surface area contributed by atoms with E-state index in [1.54, 1.807) is 0 Å². The van der Waals surface area contributed by atoms with E-state index < -0.39 is 0 Å². The van der Waals surface area contributed by atoms with E-state index in [0.29, 0.717) is 18.2 Å². The Balaban J connectivity index is 1.68. The van der Waals surface area contributed by atoms with Crippen LogP contribution in [0.2, 0.25) is 0 Å². The SMILES string of the molecule is Cc1cccc(-c2nc3n(n2)[C@H](c2ccccc2)C2=C(CC(C)(C)CC2=O)N3)c1. The maximum atomic E-state index is 13.2. The fraction of sp³-hybridized carbons (Fsp3) is 0.292. The lowest BCUT2D eigenvalue weighted by Gasteiger charge is -2.38. The van der Waals surface area contributed by atoms with Gasteiger partial charge in [0.2, 0.25) is 5.95 Å². The van der Waals surface area contributed by atoms with Gasteiger partial charge >= 0.3 is 0 Å². The van der Waals surface area contributed by atoms with Crippen LogP contribution in [0.15, 0.2) is 65.9 Å². The summed E-state index contributed by atoms with van der Waals surface area (Å²) in [6.07, 6.45) is 1.37. The molecule has 0 amide bonds. The van der Waals surface area contributed by atoms with Crippen LogP contribution in [0.25, 0.3) is 11.4 Å². The van der Waals surface area contributed by atoms with E-state index >= 15 is 0 Å². The first-order chi connectivity index (χ1) is 13.9. The van der Waals surface area contributed by atoms with Gasteiger partial charge in [-0.15, -0.1) is 5.10 Å². The van der Waals surface area contributed by atoms with Gasteiger partial charge in [-0.05, 0) is 30.4 Å². The third-order valence-electron chi connectivity index (χ3n) is 5.72.